The first-order valence-electron chi connectivity index (χ1n) is 10.9. The van der Waals surface area contributed by atoms with Gasteiger partial charge < -0.3 is 15.2 Å². The number of ether oxygens (including phenoxy) is 1. The van der Waals surface area contributed by atoms with Crippen LogP contribution in [0.15, 0.2) is 65.6 Å². The molecule has 0 aliphatic carbocycles. The number of carbonyl (C=O) groups excluding carboxylic acids is 1. The standard InChI is InChI=1S/C25H29N3O4/c1-2-3-16-32-23(30)18-28-24(20-11-13-21(29)14-12-20)27-17-22(25(28)31)26-15-7-10-19-8-5-4-6-9-19/h4-6,8-9,11-14,17,26,29H,2-3,7,10,15-16,18H2,1H3. The lowest BCUT2D eigenvalue weighted by Gasteiger charge is -2.14. The van der Waals surface area contributed by atoms with Crippen LogP contribution >= 0.6 is 0 Å². The van der Waals surface area contributed by atoms with Gasteiger partial charge in [0.15, 0.2) is 0 Å². The van der Waals surface area contributed by atoms with Crippen molar-refractivity contribution in [2.45, 2.75) is 39.2 Å². The van der Waals surface area contributed by atoms with Gasteiger partial charge in [0.25, 0.3) is 5.56 Å². The molecule has 0 spiro atoms. The summed E-state index contributed by atoms with van der Waals surface area (Å²) in [6.45, 7) is 2.71. The van der Waals surface area contributed by atoms with Gasteiger partial charge in [-0.1, -0.05) is 43.7 Å². The molecule has 0 saturated heterocycles. The molecule has 3 aromatic rings. The van der Waals surface area contributed by atoms with Gasteiger partial charge in [-0.25, -0.2) is 4.98 Å². The van der Waals surface area contributed by atoms with Crippen molar-refractivity contribution in [1.82, 2.24) is 9.55 Å². The molecule has 2 N–H and O–H groups in total. The van der Waals surface area contributed by atoms with Crippen molar-refractivity contribution < 1.29 is 14.6 Å². The molecule has 0 fully saturated rings. The number of unbranched alkanes of at least 4 members (excludes halogenated alkanes) is 1. The number of esters is 1. The number of nitrogens with one attached hydrogen (secondary N) is 1. The quantitative estimate of drug-likeness (QED) is 0.349. The van der Waals surface area contributed by atoms with Gasteiger partial charge >= 0.3 is 5.97 Å². The predicted octanol–water partition coefficient (Wildman–Crippen LogP) is 4.00. The zero-order valence-electron chi connectivity index (χ0n) is 18.3. The third kappa shape index (κ3) is 6.44. The number of rotatable bonds is 11. The number of phenolic OH excluding ortho intramolecular Hbond substituents is 1. The number of carbonyl (C=O) groups is 1. The minimum atomic E-state index is -0.483. The number of aromatic hydroxyl groups is 1. The Bertz CT molecular complexity index is 1060. The topological polar surface area (TPSA) is 93.4 Å². The molecule has 0 unspecified atom stereocenters. The van der Waals surface area contributed by atoms with Crippen molar-refractivity contribution in [3.05, 3.63) is 76.7 Å². The molecule has 32 heavy (non-hydrogen) atoms. The van der Waals surface area contributed by atoms with Crippen molar-refractivity contribution in [1.29, 1.82) is 0 Å². The lowest BCUT2D eigenvalue weighted by molar-refractivity contribution is -0.144. The van der Waals surface area contributed by atoms with E-state index >= 15 is 0 Å². The normalized spacial score (nSPS) is 10.7. The van der Waals surface area contributed by atoms with Crippen LogP contribution in [0.4, 0.5) is 5.69 Å². The van der Waals surface area contributed by atoms with Gasteiger partial charge in [-0.3, -0.25) is 14.2 Å². The largest absolute Gasteiger partial charge is 0.508 e. The second-order valence-corrected chi connectivity index (χ2v) is 7.52. The van der Waals surface area contributed by atoms with Gasteiger partial charge in [-0.15, -0.1) is 0 Å². The van der Waals surface area contributed by atoms with Crippen molar-refractivity contribution in [3.63, 3.8) is 0 Å². The van der Waals surface area contributed by atoms with E-state index in [2.05, 4.69) is 22.4 Å². The van der Waals surface area contributed by atoms with E-state index in [-0.39, 0.29) is 17.9 Å². The fraction of sp³-hybridized carbons (Fsp3) is 0.320. The second-order valence-electron chi connectivity index (χ2n) is 7.52. The third-order valence-electron chi connectivity index (χ3n) is 5.02. The van der Waals surface area contributed by atoms with Crippen molar-refractivity contribution in [3.8, 4) is 17.1 Å². The summed E-state index contributed by atoms with van der Waals surface area (Å²) >= 11 is 0. The molecular weight excluding hydrogens is 406 g/mol. The molecule has 168 valence electrons. The van der Waals surface area contributed by atoms with Crippen LogP contribution in [0.5, 0.6) is 5.75 Å². The highest BCUT2D eigenvalue weighted by Crippen LogP contribution is 2.20. The van der Waals surface area contributed by atoms with Crippen molar-refractivity contribution in [2.75, 3.05) is 18.5 Å². The van der Waals surface area contributed by atoms with Gasteiger partial charge in [0.2, 0.25) is 0 Å². The first-order chi connectivity index (χ1) is 15.6. The number of hydrogen-bond acceptors (Lipinski definition) is 6. The monoisotopic (exact) mass is 435 g/mol. The summed E-state index contributed by atoms with van der Waals surface area (Å²) in [4.78, 5) is 29.9. The Balaban J connectivity index is 1.77. The Labute approximate surface area is 187 Å². The average molecular weight is 436 g/mol. The summed E-state index contributed by atoms with van der Waals surface area (Å²) in [6.07, 6.45) is 4.92. The molecule has 0 aliphatic rings. The molecule has 3 rings (SSSR count). The van der Waals surface area contributed by atoms with Gasteiger partial charge in [0, 0.05) is 12.1 Å². The molecule has 0 saturated carbocycles. The maximum atomic E-state index is 13.2. The molecule has 7 heteroatoms. The Morgan fingerprint density at radius 1 is 1.09 bits per heavy atom. The van der Waals surface area contributed by atoms with Crippen LogP contribution in [0.25, 0.3) is 11.4 Å². The number of aromatic nitrogens is 2. The molecule has 0 amide bonds. The number of aryl methyl sites for hydroxylation is 1. The average Bonchev–Trinajstić information content (AvgIpc) is 2.80. The summed E-state index contributed by atoms with van der Waals surface area (Å²) in [5.74, 6) is -0.0285. The maximum absolute atomic E-state index is 13.2. The number of hydrogen-bond donors (Lipinski definition) is 2. The number of benzene rings is 2. The molecule has 0 radical (unpaired) electrons. The SMILES string of the molecule is CCCCOC(=O)Cn1c(-c2ccc(O)cc2)ncc(NCCCc2ccccc2)c1=O. The molecule has 1 aromatic heterocycles. The molecule has 0 atom stereocenters. The molecule has 2 aromatic carbocycles. The zero-order chi connectivity index (χ0) is 22.8. The Morgan fingerprint density at radius 3 is 2.56 bits per heavy atom. The summed E-state index contributed by atoms with van der Waals surface area (Å²) in [7, 11) is 0. The van der Waals surface area contributed by atoms with Crippen LogP contribution in [-0.2, 0) is 22.5 Å². The summed E-state index contributed by atoms with van der Waals surface area (Å²) < 4.78 is 6.57. The summed E-state index contributed by atoms with van der Waals surface area (Å²) in [5, 5.41) is 12.7. The molecule has 0 aliphatic heterocycles. The van der Waals surface area contributed by atoms with E-state index in [1.165, 1.54) is 28.5 Å². The minimum Gasteiger partial charge on any atom is -0.508 e. The van der Waals surface area contributed by atoms with E-state index in [4.69, 9.17) is 4.74 Å². The van der Waals surface area contributed by atoms with E-state index in [1.807, 2.05) is 25.1 Å². The highest BCUT2D eigenvalue weighted by Gasteiger charge is 2.16. The predicted molar refractivity (Wildman–Crippen MR) is 125 cm³/mol. The van der Waals surface area contributed by atoms with Crippen LogP contribution in [0, 0.1) is 0 Å². The fourth-order valence-electron chi connectivity index (χ4n) is 3.27. The highest BCUT2D eigenvalue weighted by molar-refractivity contribution is 5.71. The zero-order valence-corrected chi connectivity index (χ0v) is 18.3. The second kappa shape index (κ2) is 11.7. The van der Waals surface area contributed by atoms with E-state index in [0.717, 1.165) is 25.7 Å². The molecule has 1 heterocycles. The van der Waals surface area contributed by atoms with Crippen molar-refractivity contribution >= 4 is 11.7 Å². The highest BCUT2D eigenvalue weighted by atomic mass is 16.5. The van der Waals surface area contributed by atoms with Gasteiger partial charge in [-0.05, 0) is 49.1 Å². The van der Waals surface area contributed by atoms with E-state index in [9.17, 15) is 14.7 Å². The fourth-order valence-corrected chi connectivity index (χ4v) is 3.27. The molecule has 0 bridgehead atoms. The van der Waals surface area contributed by atoms with Crippen LogP contribution < -0.4 is 10.9 Å². The first kappa shape index (κ1) is 23.1. The Kier molecular flexibility index (Phi) is 8.43. The van der Waals surface area contributed by atoms with E-state index < -0.39 is 5.97 Å². The van der Waals surface area contributed by atoms with Gasteiger partial charge in [0.1, 0.15) is 23.8 Å². The van der Waals surface area contributed by atoms with Crippen LogP contribution in [0.3, 0.4) is 0 Å². The molecular formula is C25H29N3O4. The van der Waals surface area contributed by atoms with Gasteiger partial charge in [-0.2, -0.15) is 0 Å². The maximum Gasteiger partial charge on any atom is 0.326 e. The third-order valence-corrected chi connectivity index (χ3v) is 5.02. The number of anilines is 1. The summed E-state index contributed by atoms with van der Waals surface area (Å²) in [6, 6.07) is 16.5. The lowest BCUT2D eigenvalue weighted by Crippen LogP contribution is -2.30. The Morgan fingerprint density at radius 2 is 1.84 bits per heavy atom. The smallest absolute Gasteiger partial charge is 0.326 e. The Hall–Kier alpha value is -3.61. The molecule has 7 nitrogen and oxygen atoms in total. The summed E-state index contributed by atoms with van der Waals surface area (Å²) in [5.41, 5.74) is 1.86. The van der Waals surface area contributed by atoms with E-state index in [0.29, 0.717) is 30.2 Å². The van der Waals surface area contributed by atoms with Crippen molar-refractivity contribution in [2.24, 2.45) is 0 Å². The van der Waals surface area contributed by atoms with Crippen LogP contribution in [0.2, 0.25) is 0 Å². The lowest BCUT2D eigenvalue weighted by atomic mass is 10.1. The van der Waals surface area contributed by atoms with E-state index in [1.54, 1.807) is 12.1 Å². The first-order valence-corrected chi connectivity index (χ1v) is 10.9. The van der Waals surface area contributed by atoms with Gasteiger partial charge in [0.05, 0.1) is 12.8 Å². The number of nitrogens with zero attached hydrogens (tertiary/aromatic N) is 2. The number of phenols is 1. The van der Waals surface area contributed by atoms with Crippen LogP contribution in [-0.4, -0.2) is 33.8 Å². The minimum absolute atomic E-state index is 0.110. The van der Waals surface area contributed by atoms with Crippen LogP contribution in [0.1, 0.15) is 31.7 Å².